The molecule has 6 heteroatoms. The van der Waals surface area contributed by atoms with E-state index in [1.54, 1.807) is 25.4 Å². The minimum Gasteiger partial charge on any atom is -0.497 e. The molecule has 0 aliphatic carbocycles. The van der Waals surface area contributed by atoms with Crippen LogP contribution in [0.1, 0.15) is 15.9 Å². The average molecular weight is 342 g/mol. The van der Waals surface area contributed by atoms with Gasteiger partial charge in [0.25, 0.3) is 5.91 Å². The quantitative estimate of drug-likeness (QED) is 0.730. The number of likely N-dealkylation sites (N-methyl/N-ethyl adjacent to an activating group) is 1. The average Bonchev–Trinajstić information content (AvgIpc) is 2.62. The molecule has 0 bridgehead atoms. The Kier molecular flexibility index (Phi) is 7.22. The molecule has 1 heterocycles. The zero-order valence-corrected chi connectivity index (χ0v) is 15.1. The van der Waals surface area contributed by atoms with E-state index in [0.717, 1.165) is 30.8 Å². The van der Waals surface area contributed by atoms with E-state index in [0.29, 0.717) is 17.9 Å². The first-order chi connectivity index (χ1) is 12.1. The van der Waals surface area contributed by atoms with E-state index in [-0.39, 0.29) is 5.91 Å². The number of carbonyl (C=O) groups excluding carboxylic acids is 1. The van der Waals surface area contributed by atoms with Crippen LogP contribution in [0.2, 0.25) is 0 Å². The van der Waals surface area contributed by atoms with Gasteiger partial charge >= 0.3 is 0 Å². The van der Waals surface area contributed by atoms with Crippen molar-refractivity contribution in [3.05, 3.63) is 53.7 Å². The third-order valence-corrected chi connectivity index (χ3v) is 3.75. The highest BCUT2D eigenvalue weighted by Gasteiger charge is 2.06. The highest BCUT2D eigenvalue weighted by atomic mass is 16.5. The van der Waals surface area contributed by atoms with Crippen molar-refractivity contribution in [1.29, 1.82) is 0 Å². The number of pyridine rings is 1. The topological polar surface area (TPSA) is 66.5 Å². The second kappa shape index (κ2) is 9.64. The van der Waals surface area contributed by atoms with Gasteiger partial charge in [-0.15, -0.1) is 0 Å². The summed E-state index contributed by atoms with van der Waals surface area (Å²) in [5, 5.41) is 6.16. The molecule has 2 rings (SSSR count). The summed E-state index contributed by atoms with van der Waals surface area (Å²) in [5.74, 6) is 1.45. The lowest BCUT2D eigenvalue weighted by Gasteiger charge is -2.11. The summed E-state index contributed by atoms with van der Waals surface area (Å²) in [6.45, 7) is 2.26. The Labute approximate surface area is 149 Å². The Morgan fingerprint density at radius 3 is 2.60 bits per heavy atom. The highest BCUT2D eigenvalue weighted by molar-refractivity contribution is 5.94. The van der Waals surface area contributed by atoms with Crippen molar-refractivity contribution in [2.75, 3.05) is 46.2 Å². The van der Waals surface area contributed by atoms with E-state index in [2.05, 4.69) is 20.5 Å². The van der Waals surface area contributed by atoms with Crippen molar-refractivity contribution in [2.24, 2.45) is 0 Å². The fourth-order valence-corrected chi connectivity index (χ4v) is 2.29. The fraction of sp³-hybridized carbons (Fsp3) is 0.368. The van der Waals surface area contributed by atoms with Gasteiger partial charge in [-0.25, -0.2) is 4.98 Å². The summed E-state index contributed by atoms with van der Waals surface area (Å²) in [6.07, 6.45) is 2.42. The monoisotopic (exact) mass is 342 g/mol. The first-order valence-electron chi connectivity index (χ1n) is 8.34. The lowest BCUT2D eigenvalue weighted by Crippen LogP contribution is -2.26. The van der Waals surface area contributed by atoms with Crippen LogP contribution in [0.5, 0.6) is 5.75 Å². The van der Waals surface area contributed by atoms with Crippen molar-refractivity contribution in [2.45, 2.75) is 6.42 Å². The molecular weight excluding hydrogens is 316 g/mol. The molecule has 0 saturated heterocycles. The predicted octanol–water partition coefficient (Wildman–Crippen LogP) is 2.04. The first-order valence-corrected chi connectivity index (χ1v) is 8.34. The van der Waals surface area contributed by atoms with Gasteiger partial charge in [0.1, 0.15) is 11.6 Å². The van der Waals surface area contributed by atoms with Gasteiger partial charge in [0, 0.05) is 31.4 Å². The van der Waals surface area contributed by atoms with Gasteiger partial charge in [-0.1, -0.05) is 12.1 Å². The van der Waals surface area contributed by atoms with E-state index >= 15 is 0 Å². The number of benzene rings is 1. The van der Waals surface area contributed by atoms with E-state index in [4.69, 9.17) is 4.74 Å². The van der Waals surface area contributed by atoms with Crippen LogP contribution in [0.15, 0.2) is 42.6 Å². The molecule has 0 aliphatic rings. The number of methoxy groups -OCH3 is 1. The molecule has 0 atom stereocenters. The molecule has 2 aromatic rings. The lowest BCUT2D eigenvalue weighted by atomic mass is 10.1. The lowest BCUT2D eigenvalue weighted by molar-refractivity contribution is 0.0954. The minimum absolute atomic E-state index is 0.0911. The summed E-state index contributed by atoms with van der Waals surface area (Å²) >= 11 is 0. The Morgan fingerprint density at radius 2 is 1.92 bits per heavy atom. The summed E-state index contributed by atoms with van der Waals surface area (Å²) in [6, 6.07) is 11.4. The minimum atomic E-state index is -0.0911. The SMILES string of the molecule is COc1ccc(CCNC(=O)c2ccnc(NCCN(C)C)c2)cc1. The number of hydrogen-bond donors (Lipinski definition) is 2. The smallest absolute Gasteiger partial charge is 0.251 e. The van der Waals surface area contributed by atoms with Crippen LogP contribution in [0.25, 0.3) is 0 Å². The zero-order chi connectivity index (χ0) is 18.1. The zero-order valence-electron chi connectivity index (χ0n) is 15.1. The van der Waals surface area contributed by atoms with Gasteiger partial charge in [0.2, 0.25) is 0 Å². The maximum Gasteiger partial charge on any atom is 0.251 e. The molecular formula is C19H26N4O2. The number of rotatable bonds is 9. The molecule has 6 nitrogen and oxygen atoms in total. The second-order valence-corrected chi connectivity index (χ2v) is 6.01. The molecule has 0 radical (unpaired) electrons. The summed E-state index contributed by atoms with van der Waals surface area (Å²) < 4.78 is 5.14. The van der Waals surface area contributed by atoms with E-state index in [1.807, 2.05) is 38.4 Å². The van der Waals surface area contributed by atoms with Crippen LogP contribution < -0.4 is 15.4 Å². The maximum absolute atomic E-state index is 12.3. The first kappa shape index (κ1) is 18.7. The van der Waals surface area contributed by atoms with Crippen LogP contribution in [0.4, 0.5) is 5.82 Å². The Balaban J connectivity index is 1.81. The van der Waals surface area contributed by atoms with Gasteiger partial charge in [-0.2, -0.15) is 0 Å². The summed E-state index contributed by atoms with van der Waals surface area (Å²) in [5.41, 5.74) is 1.76. The fourth-order valence-electron chi connectivity index (χ4n) is 2.29. The predicted molar refractivity (Wildman–Crippen MR) is 100 cm³/mol. The molecule has 0 saturated carbocycles. The maximum atomic E-state index is 12.3. The number of aromatic nitrogens is 1. The van der Waals surface area contributed by atoms with E-state index in [1.165, 1.54) is 0 Å². The number of anilines is 1. The number of nitrogens with one attached hydrogen (secondary N) is 2. The van der Waals surface area contributed by atoms with Crippen LogP contribution in [0.3, 0.4) is 0 Å². The van der Waals surface area contributed by atoms with Gasteiger partial charge in [-0.05, 0) is 50.3 Å². The molecule has 0 unspecified atom stereocenters. The Hall–Kier alpha value is -2.60. The normalized spacial score (nSPS) is 10.6. The number of ether oxygens (including phenoxy) is 1. The molecule has 1 aromatic heterocycles. The molecule has 1 aromatic carbocycles. The number of hydrogen-bond acceptors (Lipinski definition) is 5. The third-order valence-electron chi connectivity index (χ3n) is 3.75. The number of amides is 1. The molecule has 0 aliphatic heterocycles. The van der Waals surface area contributed by atoms with Gasteiger partial charge in [0.05, 0.1) is 7.11 Å². The van der Waals surface area contributed by atoms with Gasteiger partial charge in [-0.3, -0.25) is 4.79 Å². The number of nitrogens with zero attached hydrogens (tertiary/aromatic N) is 2. The third kappa shape index (κ3) is 6.43. The molecule has 0 fully saturated rings. The highest BCUT2D eigenvalue weighted by Crippen LogP contribution is 2.11. The summed E-state index contributed by atoms with van der Waals surface area (Å²) in [4.78, 5) is 18.6. The molecule has 134 valence electrons. The van der Waals surface area contributed by atoms with Crippen molar-refractivity contribution in [3.63, 3.8) is 0 Å². The summed E-state index contributed by atoms with van der Waals surface area (Å²) in [7, 11) is 5.68. The largest absolute Gasteiger partial charge is 0.497 e. The van der Waals surface area contributed by atoms with Gasteiger partial charge in [0.15, 0.2) is 0 Å². The molecule has 1 amide bonds. The van der Waals surface area contributed by atoms with Gasteiger partial charge < -0.3 is 20.3 Å². The Bertz CT molecular complexity index is 671. The van der Waals surface area contributed by atoms with Crippen molar-refractivity contribution in [1.82, 2.24) is 15.2 Å². The van der Waals surface area contributed by atoms with E-state index in [9.17, 15) is 4.79 Å². The van der Waals surface area contributed by atoms with Crippen LogP contribution in [-0.4, -0.2) is 56.6 Å². The van der Waals surface area contributed by atoms with Crippen molar-refractivity contribution >= 4 is 11.7 Å². The molecule has 0 spiro atoms. The van der Waals surface area contributed by atoms with Crippen LogP contribution in [-0.2, 0) is 6.42 Å². The Morgan fingerprint density at radius 1 is 1.16 bits per heavy atom. The van der Waals surface area contributed by atoms with Crippen molar-refractivity contribution < 1.29 is 9.53 Å². The van der Waals surface area contributed by atoms with Crippen LogP contribution >= 0.6 is 0 Å². The van der Waals surface area contributed by atoms with Crippen LogP contribution in [0, 0.1) is 0 Å². The van der Waals surface area contributed by atoms with Crippen molar-refractivity contribution in [3.8, 4) is 5.75 Å². The van der Waals surface area contributed by atoms with E-state index < -0.39 is 0 Å². The number of carbonyl (C=O) groups is 1. The molecule has 25 heavy (non-hydrogen) atoms. The second-order valence-electron chi connectivity index (χ2n) is 6.01. The molecule has 2 N–H and O–H groups in total. The standard InChI is InChI=1S/C19H26N4O2/c1-23(2)13-12-21-18-14-16(9-11-20-18)19(24)22-10-8-15-4-6-17(25-3)7-5-15/h4-7,9,11,14H,8,10,12-13H2,1-3H3,(H,20,21)(H,22,24).